The zero-order valence-electron chi connectivity index (χ0n) is 19.2. The van der Waals surface area contributed by atoms with Crippen molar-refractivity contribution in [3.05, 3.63) is 48.6 Å². The summed E-state index contributed by atoms with van der Waals surface area (Å²) >= 11 is 0. The fraction of sp³-hybridized carbons (Fsp3) is 0.733. The molecule has 0 heterocycles. The topological polar surface area (TPSA) is 0 Å². The maximum Gasteiger partial charge on any atom is 0.00150 e. The van der Waals surface area contributed by atoms with Gasteiger partial charge in [-0.05, 0) is 98.9 Å². The summed E-state index contributed by atoms with van der Waals surface area (Å²) in [7, 11) is 0. The lowest BCUT2D eigenvalue weighted by Gasteiger charge is -2.51. The van der Waals surface area contributed by atoms with Gasteiger partial charge in [-0.2, -0.15) is 0 Å². The Labute approximate surface area is 185 Å². The zero-order valence-corrected chi connectivity index (χ0v) is 19.2. The van der Waals surface area contributed by atoms with Crippen molar-refractivity contribution in [3.8, 4) is 0 Å². The summed E-state index contributed by atoms with van der Waals surface area (Å²) in [5.41, 5.74) is 2.15. The van der Waals surface area contributed by atoms with Gasteiger partial charge >= 0.3 is 0 Å². The van der Waals surface area contributed by atoms with E-state index < -0.39 is 0 Å². The van der Waals surface area contributed by atoms with Gasteiger partial charge < -0.3 is 0 Å². The molecule has 4 aliphatic rings. The van der Waals surface area contributed by atoms with Gasteiger partial charge in [0.15, 0.2) is 0 Å². The third-order valence-corrected chi connectivity index (χ3v) is 10.2. The highest BCUT2D eigenvalue weighted by Gasteiger charge is 2.60. The second-order valence-electron chi connectivity index (χ2n) is 11.3. The minimum atomic E-state index is 0.428. The van der Waals surface area contributed by atoms with E-state index in [0.29, 0.717) is 5.41 Å². The first kappa shape index (κ1) is 20.8. The van der Waals surface area contributed by atoms with E-state index in [1.807, 2.05) is 0 Å². The first-order chi connectivity index (χ1) is 14.9. The highest BCUT2D eigenvalue weighted by molar-refractivity contribution is 5.31. The second kappa shape index (κ2) is 9.22. The molecule has 4 fully saturated rings. The van der Waals surface area contributed by atoms with Crippen molar-refractivity contribution in [2.45, 2.75) is 102 Å². The lowest BCUT2D eigenvalue weighted by molar-refractivity contribution is 0.0580. The lowest BCUT2D eigenvalue weighted by atomic mass is 9.53. The molecule has 0 heteroatoms. The fourth-order valence-electron chi connectivity index (χ4n) is 9.36. The van der Waals surface area contributed by atoms with Gasteiger partial charge in [0.05, 0.1) is 0 Å². The summed E-state index contributed by atoms with van der Waals surface area (Å²) < 4.78 is 0. The smallest absolute Gasteiger partial charge is 0.00150 e. The maximum absolute atomic E-state index is 4.08. The normalized spacial score (nSPS) is 36.1. The van der Waals surface area contributed by atoms with Crippen LogP contribution in [0, 0.1) is 35.5 Å². The Bertz CT molecular complexity index is 661. The van der Waals surface area contributed by atoms with Crippen LogP contribution in [-0.4, -0.2) is 0 Å². The van der Waals surface area contributed by atoms with Gasteiger partial charge in [-0.25, -0.2) is 0 Å². The molecule has 0 aliphatic heterocycles. The number of hydrogen-bond donors (Lipinski definition) is 0. The minimum Gasteiger partial charge on any atom is -0.103 e. The fourth-order valence-corrected chi connectivity index (χ4v) is 9.36. The molecule has 30 heavy (non-hydrogen) atoms. The van der Waals surface area contributed by atoms with E-state index in [1.54, 1.807) is 18.4 Å². The molecule has 0 amide bonds. The Hall–Kier alpha value is -1.04. The SMILES string of the molecule is C=CCCC[C@](c1ccccc1)(C1CCCC1)C1C2CCCCC2C2CCCCC21. The van der Waals surface area contributed by atoms with Crippen molar-refractivity contribution in [1.82, 2.24) is 0 Å². The summed E-state index contributed by atoms with van der Waals surface area (Å²) in [6.07, 6.45) is 24.2. The molecule has 0 nitrogen and oxygen atoms in total. The molecule has 0 saturated heterocycles. The number of hydrogen-bond acceptors (Lipinski definition) is 0. The molecule has 0 spiro atoms. The molecule has 0 N–H and O–H groups in total. The predicted molar refractivity (Wildman–Crippen MR) is 129 cm³/mol. The van der Waals surface area contributed by atoms with Crippen LogP contribution in [-0.2, 0) is 5.41 Å². The lowest BCUT2D eigenvalue weighted by Crippen LogP contribution is -2.47. The first-order valence-corrected chi connectivity index (χ1v) is 13.5. The number of allylic oxidation sites excluding steroid dienone is 1. The third kappa shape index (κ3) is 3.51. The third-order valence-electron chi connectivity index (χ3n) is 10.2. The molecule has 5 atom stereocenters. The summed E-state index contributed by atoms with van der Waals surface area (Å²) in [6.45, 7) is 4.08. The highest BCUT2D eigenvalue weighted by Crippen LogP contribution is 2.66. The Morgan fingerprint density at radius 1 is 0.733 bits per heavy atom. The largest absolute Gasteiger partial charge is 0.103 e. The molecular weight excluding hydrogens is 360 g/mol. The van der Waals surface area contributed by atoms with E-state index in [-0.39, 0.29) is 0 Å². The van der Waals surface area contributed by atoms with Crippen molar-refractivity contribution in [1.29, 1.82) is 0 Å². The summed E-state index contributed by atoms with van der Waals surface area (Å²) in [4.78, 5) is 0. The zero-order chi connectivity index (χ0) is 20.4. The Kier molecular flexibility index (Phi) is 6.40. The van der Waals surface area contributed by atoms with E-state index >= 15 is 0 Å². The van der Waals surface area contributed by atoms with Crippen LogP contribution in [0.2, 0.25) is 0 Å². The Morgan fingerprint density at radius 3 is 1.83 bits per heavy atom. The van der Waals surface area contributed by atoms with Crippen molar-refractivity contribution >= 4 is 0 Å². The molecule has 4 unspecified atom stereocenters. The number of rotatable bonds is 7. The van der Waals surface area contributed by atoms with Crippen molar-refractivity contribution in [2.75, 3.05) is 0 Å². The molecule has 1 aromatic rings. The first-order valence-electron chi connectivity index (χ1n) is 13.5. The summed E-state index contributed by atoms with van der Waals surface area (Å²) in [6, 6.07) is 12.0. The van der Waals surface area contributed by atoms with E-state index in [2.05, 4.69) is 43.0 Å². The molecule has 5 rings (SSSR count). The number of fused-ring (bicyclic) bond motifs is 3. The molecule has 4 saturated carbocycles. The average Bonchev–Trinajstić information content (AvgIpc) is 3.45. The van der Waals surface area contributed by atoms with Gasteiger partial charge in [-0.1, -0.05) is 74.9 Å². The van der Waals surface area contributed by atoms with Crippen molar-refractivity contribution < 1.29 is 0 Å². The number of unbranched alkanes of at least 4 members (excludes halogenated alkanes) is 1. The Balaban J connectivity index is 1.63. The molecule has 0 bridgehead atoms. The molecular formula is C30H44. The van der Waals surface area contributed by atoms with Gasteiger partial charge in [-0.3, -0.25) is 0 Å². The van der Waals surface area contributed by atoms with Crippen LogP contribution in [0.1, 0.15) is 102 Å². The standard InChI is InChI=1S/C30H44/c1-2-3-13-22-30(24-16-7-8-17-24,23-14-5-4-6-15-23)29-27-20-11-9-18-25(27)26-19-10-12-21-28(26)29/h2,4-6,14-15,24-29H,1,3,7-13,16-22H2/t25?,26?,27?,28?,29?,30-/m0/s1. The average molecular weight is 405 g/mol. The van der Waals surface area contributed by atoms with Crippen LogP contribution in [0.15, 0.2) is 43.0 Å². The monoisotopic (exact) mass is 404 g/mol. The van der Waals surface area contributed by atoms with Crippen LogP contribution >= 0.6 is 0 Å². The highest BCUT2D eigenvalue weighted by atomic mass is 14.6. The maximum atomic E-state index is 4.08. The minimum absolute atomic E-state index is 0.428. The van der Waals surface area contributed by atoms with Crippen molar-refractivity contribution in [2.24, 2.45) is 35.5 Å². The van der Waals surface area contributed by atoms with Gasteiger partial charge in [0, 0.05) is 5.41 Å². The van der Waals surface area contributed by atoms with E-state index in [4.69, 9.17) is 0 Å². The van der Waals surface area contributed by atoms with Gasteiger partial charge in [-0.15, -0.1) is 6.58 Å². The van der Waals surface area contributed by atoms with Gasteiger partial charge in [0.25, 0.3) is 0 Å². The molecule has 0 radical (unpaired) electrons. The Morgan fingerprint density at radius 2 is 1.27 bits per heavy atom. The van der Waals surface area contributed by atoms with Crippen LogP contribution in [0.3, 0.4) is 0 Å². The number of benzene rings is 1. The quantitative estimate of drug-likeness (QED) is 0.315. The molecule has 0 aromatic heterocycles. The van der Waals surface area contributed by atoms with Crippen LogP contribution < -0.4 is 0 Å². The van der Waals surface area contributed by atoms with E-state index in [1.165, 1.54) is 83.5 Å². The van der Waals surface area contributed by atoms with E-state index in [9.17, 15) is 0 Å². The molecule has 4 aliphatic carbocycles. The van der Waals surface area contributed by atoms with Crippen LogP contribution in [0.4, 0.5) is 0 Å². The molecule has 1 aromatic carbocycles. The van der Waals surface area contributed by atoms with Crippen molar-refractivity contribution in [3.63, 3.8) is 0 Å². The summed E-state index contributed by atoms with van der Waals surface area (Å²) in [5.74, 6) is 5.99. The summed E-state index contributed by atoms with van der Waals surface area (Å²) in [5, 5.41) is 0. The predicted octanol–water partition coefficient (Wildman–Crippen LogP) is 8.71. The van der Waals surface area contributed by atoms with Gasteiger partial charge in [0.1, 0.15) is 0 Å². The van der Waals surface area contributed by atoms with Crippen LogP contribution in [0.5, 0.6) is 0 Å². The second-order valence-corrected chi connectivity index (χ2v) is 11.3. The molecule has 164 valence electrons. The van der Waals surface area contributed by atoms with Gasteiger partial charge in [0.2, 0.25) is 0 Å². The van der Waals surface area contributed by atoms with Crippen LogP contribution in [0.25, 0.3) is 0 Å². The van der Waals surface area contributed by atoms with E-state index in [0.717, 1.165) is 35.5 Å².